The predicted molar refractivity (Wildman–Crippen MR) is 80.1 cm³/mol. The minimum Gasteiger partial charge on any atom is -0.335 e. The molecular formula is C17H24N2O. The maximum absolute atomic E-state index is 12.7. The van der Waals surface area contributed by atoms with Gasteiger partial charge in [0.05, 0.1) is 5.41 Å². The fraction of sp³-hybridized carbons (Fsp3) is 0.588. The van der Waals surface area contributed by atoms with Crippen LogP contribution in [0.1, 0.15) is 43.7 Å². The molecule has 2 aliphatic carbocycles. The Kier molecular flexibility index (Phi) is 3.55. The first kappa shape index (κ1) is 13.6. The van der Waals surface area contributed by atoms with E-state index in [1.165, 1.54) is 11.1 Å². The van der Waals surface area contributed by atoms with Gasteiger partial charge >= 0.3 is 0 Å². The van der Waals surface area contributed by atoms with E-state index in [2.05, 4.69) is 36.1 Å². The number of rotatable bonds is 6. The summed E-state index contributed by atoms with van der Waals surface area (Å²) in [7, 11) is 0. The molecule has 3 heteroatoms. The van der Waals surface area contributed by atoms with E-state index in [0.717, 1.165) is 38.6 Å². The standard InChI is InChI=1S/C17H24N2O/c1-2-13-3-5-14(6-4-13)11-19(15-7-8-15)16(20)17(12-18)9-10-17/h3-6,15H,2,7-12,18H2,1H3. The summed E-state index contributed by atoms with van der Waals surface area (Å²) in [6.07, 6.45) is 5.31. The number of aryl methyl sites for hydroxylation is 1. The third-order valence-electron chi connectivity index (χ3n) is 4.73. The molecule has 3 nitrogen and oxygen atoms in total. The summed E-state index contributed by atoms with van der Waals surface area (Å²) in [5.41, 5.74) is 8.17. The lowest BCUT2D eigenvalue weighted by molar-refractivity contribution is -0.137. The van der Waals surface area contributed by atoms with Crippen molar-refractivity contribution >= 4 is 5.91 Å². The lowest BCUT2D eigenvalue weighted by Crippen LogP contribution is -2.41. The molecule has 0 spiro atoms. The summed E-state index contributed by atoms with van der Waals surface area (Å²) in [6.45, 7) is 3.41. The molecule has 0 radical (unpaired) electrons. The highest BCUT2D eigenvalue weighted by atomic mass is 16.2. The maximum atomic E-state index is 12.7. The van der Waals surface area contributed by atoms with E-state index in [1.54, 1.807) is 0 Å². The van der Waals surface area contributed by atoms with Crippen LogP contribution >= 0.6 is 0 Å². The Hall–Kier alpha value is -1.35. The number of nitrogens with two attached hydrogens (primary N) is 1. The number of benzene rings is 1. The van der Waals surface area contributed by atoms with Gasteiger partial charge in [0.2, 0.25) is 5.91 Å². The van der Waals surface area contributed by atoms with Crippen LogP contribution in [0.4, 0.5) is 0 Å². The van der Waals surface area contributed by atoms with Crippen molar-refractivity contribution in [3.8, 4) is 0 Å². The van der Waals surface area contributed by atoms with Gasteiger partial charge in [-0.2, -0.15) is 0 Å². The molecule has 1 aromatic carbocycles. The molecule has 2 saturated carbocycles. The van der Waals surface area contributed by atoms with Crippen LogP contribution in [0.5, 0.6) is 0 Å². The zero-order valence-corrected chi connectivity index (χ0v) is 12.3. The van der Waals surface area contributed by atoms with Crippen LogP contribution < -0.4 is 5.73 Å². The van der Waals surface area contributed by atoms with Gasteiger partial charge in [-0.25, -0.2) is 0 Å². The van der Waals surface area contributed by atoms with E-state index in [1.807, 2.05) is 0 Å². The quantitative estimate of drug-likeness (QED) is 0.864. The lowest BCUT2D eigenvalue weighted by atomic mass is 10.0. The van der Waals surface area contributed by atoms with Crippen molar-refractivity contribution in [1.29, 1.82) is 0 Å². The van der Waals surface area contributed by atoms with Crippen molar-refractivity contribution in [2.45, 2.75) is 51.6 Å². The van der Waals surface area contributed by atoms with Gasteiger partial charge in [-0.15, -0.1) is 0 Å². The highest BCUT2D eigenvalue weighted by Gasteiger charge is 2.52. The van der Waals surface area contributed by atoms with E-state index in [-0.39, 0.29) is 5.41 Å². The van der Waals surface area contributed by atoms with Crippen LogP contribution in [-0.2, 0) is 17.8 Å². The number of carbonyl (C=O) groups excluding carboxylic acids is 1. The highest BCUT2D eigenvalue weighted by Crippen LogP contribution is 2.48. The molecule has 0 unspecified atom stereocenters. The largest absolute Gasteiger partial charge is 0.335 e. The second kappa shape index (κ2) is 5.21. The van der Waals surface area contributed by atoms with Crippen molar-refractivity contribution in [1.82, 2.24) is 4.90 Å². The van der Waals surface area contributed by atoms with E-state index in [9.17, 15) is 4.79 Å². The van der Waals surface area contributed by atoms with Gasteiger partial charge in [0.25, 0.3) is 0 Å². The third kappa shape index (κ3) is 2.59. The minimum absolute atomic E-state index is 0.216. The Morgan fingerprint density at radius 3 is 2.30 bits per heavy atom. The molecule has 0 heterocycles. The Morgan fingerprint density at radius 1 is 1.25 bits per heavy atom. The number of carbonyl (C=O) groups is 1. The number of hydrogen-bond donors (Lipinski definition) is 1. The second-order valence-corrected chi connectivity index (χ2v) is 6.32. The molecule has 3 rings (SSSR count). The molecule has 1 amide bonds. The zero-order valence-electron chi connectivity index (χ0n) is 12.3. The minimum atomic E-state index is -0.216. The van der Waals surface area contributed by atoms with E-state index >= 15 is 0 Å². The van der Waals surface area contributed by atoms with Crippen LogP contribution in [-0.4, -0.2) is 23.4 Å². The van der Waals surface area contributed by atoms with E-state index in [4.69, 9.17) is 5.73 Å². The fourth-order valence-corrected chi connectivity index (χ4v) is 2.79. The summed E-state index contributed by atoms with van der Waals surface area (Å²) in [6, 6.07) is 9.10. The molecule has 2 aliphatic rings. The molecule has 0 bridgehead atoms. The van der Waals surface area contributed by atoms with Gasteiger partial charge in [-0.3, -0.25) is 4.79 Å². The Bertz CT molecular complexity index is 486. The van der Waals surface area contributed by atoms with Crippen LogP contribution in [0.3, 0.4) is 0 Å². The summed E-state index contributed by atoms with van der Waals surface area (Å²) in [5.74, 6) is 0.294. The molecule has 2 N–H and O–H groups in total. The molecule has 0 atom stereocenters. The average Bonchev–Trinajstić information content (AvgIpc) is 3.38. The van der Waals surface area contributed by atoms with Gasteiger partial charge in [-0.05, 0) is 43.2 Å². The van der Waals surface area contributed by atoms with Crippen molar-refractivity contribution in [3.05, 3.63) is 35.4 Å². The van der Waals surface area contributed by atoms with Gasteiger partial charge in [0.1, 0.15) is 0 Å². The number of amides is 1. The van der Waals surface area contributed by atoms with Crippen LogP contribution in [0.25, 0.3) is 0 Å². The first-order valence-electron chi connectivity index (χ1n) is 7.77. The molecule has 2 fully saturated rings. The fourth-order valence-electron chi connectivity index (χ4n) is 2.79. The SMILES string of the molecule is CCc1ccc(CN(C(=O)C2(CN)CC2)C2CC2)cc1. The molecule has 0 aromatic heterocycles. The van der Waals surface area contributed by atoms with Crippen molar-refractivity contribution in [2.75, 3.05) is 6.54 Å². The summed E-state index contributed by atoms with van der Waals surface area (Å²) < 4.78 is 0. The predicted octanol–water partition coefficient (Wildman–Crippen LogP) is 2.48. The normalized spacial score (nSPS) is 19.7. The van der Waals surface area contributed by atoms with Gasteiger partial charge in [0.15, 0.2) is 0 Å². The highest BCUT2D eigenvalue weighted by molar-refractivity contribution is 5.86. The molecule has 20 heavy (non-hydrogen) atoms. The average molecular weight is 272 g/mol. The summed E-state index contributed by atoms with van der Waals surface area (Å²) in [4.78, 5) is 14.8. The smallest absolute Gasteiger partial charge is 0.230 e. The van der Waals surface area contributed by atoms with Crippen LogP contribution in [0, 0.1) is 5.41 Å². The molecule has 0 saturated heterocycles. The van der Waals surface area contributed by atoms with Gasteiger partial charge in [-0.1, -0.05) is 31.2 Å². The Morgan fingerprint density at radius 2 is 1.85 bits per heavy atom. The number of hydrogen-bond acceptors (Lipinski definition) is 2. The zero-order chi connectivity index (χ0) is 14.2. The topological polar surface area (TPSA) is 46.3 Å². The third-order valence-corrected chi connectivity index (χ3v) is 4.73. The van der Waals surface area contributed by atoms with Crippen LogP contribution in [0.15, 0.2) is 24.3 Å². The lowest BCUT2D eigenvalue weighted by Gasteiger charge is -2.27. The Labute approximate surface area is 121 Å². The number of nitrogens with zero attached hydrogens (tertiary/aromatic N) is 1. The molecule has 108 valence electrons. The second-order valence-electron chi connectivity index (χ2n) is 6.32. The first-order chi connectivity index (χ1) is 9.68. The van der Waals surface area contributed by atoms with E-state index in [0.29, 0.717) is 18.5 Å². The van der Waals surface area contributed by atoms with E-state index < -0.39 is 0 Å². The molecule has 1 aromatic rings. The van der Waals surface area contributed by atoms with Crippen molar-refractivity contribution < 1.29 is 4.79 Å². The summed E-state index contributed by atoms with van der Waals surface area (Å²) >= 11 is 0. The monoisotopic (exact) mass is 272 g/mol. The van der Waals surface area contributed by atoms with Gasteiger partial charge < -0.3 is 10.6 Å². The van der Waals surface area contributed by atoms with Crippen molar-refractivity contribution in [2.24, 2.45) is 11.1 Å². The van der Waals surface area contributed by atoms with Crippen molar-refractivity contribution in [3.63, 3.8) is 0 Å². The Balaban J connectivity index is 1.72. The van der Waals surface area contributed by atoms with Crippen LogP contribution in [0.2, 0.25) is 0 Å². The summed E-state index contributed by atoms with van der Waals surface area (Å²) in [5, 5.41) is 0. The molecule has 0 aliphatic heterocycles. The first-order valence-corrected chi connectivity index (χ1v) is 7.77. The molecular weight excluding hydrogens is 248 g/mol. The van der Waals surface area contributed by atoms with Gasteiger partial charge in [0, 0.05) is 19.1 Å². The maximum Gasteiger partial charge on any atom is 0.230 e.